The lowest BCUT2D eigenvalue weighted by Crippen LogP contribution is -2.38. The van der Waals surface area contributed by atoms with Crippen LogP contribution in [0, 0.1) is 5.92 Å². The van der Waals surface area contributed by atoms with Gasteiger partial charge in [-0.05, 0) is 67.6 Å². The molecule has 35 heavy (non-hydrogen) atoms. The minimum absolute atomic E-state index is 0.0975. The Morgan fingerprint density at radius 1 is 1.11 bits per heavy atom. The molecular weight excluding hydrogens is 525 g/mol. The number of carbonyl (C=O) groups is 1. The van der Waals surface area contributed by atoms with E-state index in [-0.39, 0.29) is 4.90 Å². The van der Waals surface area contributed by atoms with E-state index in [4.69, 9.17) is 4.74 Å². The second-order valence-electron chi connectivity index (χ2n) is 7.74. The van der Waals surface area contributed by atoms with Crippen molar-refractivity contribution in [3.05, 3.63) is 48.5 Å². The smallest absolute Gasteiger partial charge is 0.264 e. The van der Waals surface area contributed by atoms with E-state index in [0.29, 0.717) is 29.1 Å². The highest BCUT2D eigenvalue weighted by Gasteiger charge is 2.28. The van der Waals surface area contributed by atoms with Crippen LogP contribution in [-0.2, 0) is 14.8 Å². The van der Waals surface area contributed by atoms with Crippen LogP contribution in [0.4, 0.5) is 10.8 Å². The zero-order valence-electron chi connectivity index (χ0n) is 19.9. The van der Waals surface area contributed by atoms with Crippen molar-refractivity contribution in [3.8, 4) is 5.75 Å². The van der Waals surface area contributed by atoms with E-state index in [1.54, 1.807) is 60.3 Å². The lowest BCUT2D eigenvalue weighted by Gasteiger charge is -2.24. The average Bonchev–Trinajstić information content (AvgIpc) is 3.29. The highest BCUT2D eigenvalue weighted by molar-refractivity contribution is 8.01. The number of sulfonamides is 1. The number of aromatic nitrogens is 2. The molecule has 1 N–H and O–H groups in total. The summed E-state index contributed by atoms with van der Waals surface area (Å²) in [6.45, 7) is 6.16. The lowest BCUT2D eigenvalue weighted by molar-refractivity contribution is -0.114. The Balaban J connectivity index is 1.84. The first-order valence-corrected chi connectivity index (χ1v) is 15.4. The summed E-state index contributed by atoms with van der Waals surface area (Å²) in [5, 5.41) is 11.1. The van der Waals surface area contributed by atoms with Gasteiger partial charge in [0.25, 0.3) is 10.0 Å². The van der Waals surface area contributed by atoms with Crippen molar-refractivity contribution in [1.82, 2.24) is 10.2 Å². The van der Waals surface area contributed by atoms with E-state index >= 15 is 0 Å². The highest BCUT2D eigenvalue weighted by atomic mass is 32.2. The molecule has 0 bridgehead atoms. The molecule has 12 heteroatoms. The zero-order valence-corrected chi connectivity index (χ0v) is 23.2. The molecule has 0 radical (unpaired) electrons. The fraction of sp³-hybridized carbons (Fsp3) is 0.348. The molecule has 0 saturated heterocycles. The number of amides is 1. The molecule has 2 aromatic carbocycles. The number of hydrogen-bond acceptors (Lipinski definition) is 9. The molecule has 0 spiro atoms. The molecule has 1 heterocycles. The van der Waals surface area contributed by atoms with Crippen molar-refractivity contribution in [1.29, 1.82) is 0 Å². The zero-order chi connectivity index (χ0) is 25.4. The van der Waals surface area contributed by atoms with Crippen LogP contribution in [0.25, 0.3) is 0 Å². The Bertz CT molecular complexity index is 1210. The molecular formula is C23H28N4O4S4. The third-order valence-corrected chi connectivity index (χ3v) is 9.49. The predicted molar refractivity (Wildman–Crippen MR) is 144 cm³/mol. The maximum atomic E-state index is 13.6. The van der Waals surface area contributed by atoms with Gasteiger partial charge in [0.1, 0.15) is 12.3 Å². The predicted octanol–water partition coefficient (Wildman–Crippen LogP) is 5.24. The first kappa shape index (κ1) is 27.3. The van der Waals surface area contributed by atoms with Crippen molar-refractivity contribution in [2.24, 2.45) is 5.92 Å². The summed E-state index contributed by atoms with van der Waals surface area (Å²) in [7, 11) is -4.02. The molecule has 0 atom stereocenters. The summed E-state index contributed by atoms with van der Waals surface area (Å²) in [5.41, 5.74) is 0.350. The van der Waals surface area contributed by atoms with Crippen LogP contribution < -0.4 is 14.4 Å². The van der Waals surface area contributed by atoms with E-state index in [0.717, 1.165) is 19.3 Å². The van der Waals surface area contributed by atoms with Gasteiger partial charge in [-0.15, -0.1) is 22.0 Å². The van der Waals surface area contributed by atoms with Crippen LogP contribution in [0.15, 0.2) is 62.7 Å². The van der Waals surface area contributed by atoms with E-state index in [1.165, 1.54) is 23.1 Å². The maximum Gasteiger partial charge on any atom is 0.264 e. The largest absolute Gasteiger partial charge is 0.494 e. The number of benzene rings is 2. The van der Waals surface area contributed by atoms with Gasteiger partial charge >= 0.3 is 0 Å². The molecule has 1 amide bonds. The fourth-order valence-electron chi connectivity index (χ4n) is 2.91. The number of nitrogens with one attached hydrogen (secondary N) is 1. The number of hydrogen-bond donors (Lipinski definition) is 1. The summed E-state index contributed by atoms with van der Waals surface area (Å²) in [6, 6.07) is 13.2. The second kappa shape index (κ2) is 12.6. The third kappa shape index (κ3) is 7.60. The molecule has 0 saturated carbocycles. The van der Waals surface area contributed by atoms with Gasteiger partial charge in [0.05, 0.1) is 17.2 Å². The SMILES string of the molecule is CCOc1ccc(N(CC(=O)Nc2nnc(SCC(C)C)s2)S(=O)(=O)c2ccc(SC)cc2)cc1. The number of rotatable bonds is 12. The van der Waals surface area contributed by atoms with Gasteiger partial charge in [-0.1, -0.05) is 36.9 Å². The van der Waals surface area contributed by atoms with Crippen LogP contribution in [0.2, 0.25) is 0 Å². The highest BCUT2D eigenvalue weighted by Crippen LogP contribution is 2.29. The fourth-order valence-corrected chi connectivity index (χ4v) is 6.48. The maximum absolute atomic E-state index is 13.6. The lowest BCUT2D eigenvalue weighted by atomic mass is 10.3. The second-order valence-corrected chi connectivity index (χ2v) is 12.7. The molecule has 0 aliphatic carbocycles. The molecule has 3 rings (SSSR count). The monoisotopic (exact) mass is 552 g/mol. The Morgan fingerprint density at radius 2 is 1.80 bits per heavy atom. The summed E-state index contributed by atoms with van der Waals surface area (Å²) in [5.74, 6) is 1.49. The van der Waals surface area contributed by atoms with Gasteiger partial charge in [-0.25, -0.2) is 8.42 Å². The van der Waals surface area contributed by atoms with Crippen LogP contribution in [-0.4, -0.2) is 49.7 Å². The molecule has 188 valence electrons. The van der Waals surface area contributed by atoms with Crippen molar-refractivity contribution < 1.29 is 17.9 Å². The average molecular weight is 553 g/mol. The van der Waals surface area contributed by atoms with E-state index in [9.17, 15) is 13.2 Å². The molecule has 0 fully saturated rings. The summed E-state index contributed by atoms with van der Waals surface area (Å²) >= 11 is 4.35. The number of nitrogens with zero attached hydrogens (tertiary/aromatic N) is 3. The van der Waals surface area contributed by atoms with Crippen LogP contribution >= 0.6 is 34.9 Å². The van der Waals surface area contributed by atoms with E-state index in [2.05, 4.69) is 29.4 Å². The van der Waals surface area contributed by atoms with Gasteiger partial charge in [-0.3, -0.25) is 14.4 Å². The van der Waals surface area contributed by atoms with Crippen molar-refractivity contribution in [3.63, 3.8) is 0 Å². The molecule has 8 nitrogen and oxygen atoms in total. The summed E-state index contributed by atoms with van der Waals surface area (Å²) in [4.78, 5) is 13.9. The Hall–Kier alpha value is -2.28. The Morgan fingerprint density at radius 3 is 2.40 bits per heavy atom. The van der Waals surface area contributed by atoms with Gasteiger partial charge in [-0.2, -0.15) is 0 Å². The minimum Gasteiger partial charge on any atom is -0.494 e. The van der Waals surface area contributed by atoms with Crippen LogP contribution in [0.3, 0.4) is 0 Å². The van der Waals surface area contributed by atoms with Gasteiger partial charge < -0.3 is 4.74 Å². The van der Waals surface area contributed by atoms with Gasteiger partial charge in [0, 0.05) is 10.6 Å². The number of anilines is 2. The minimum atomic E-state index is -4.02. The first-order valence-electron chi connectivity index (χ1n) is 10.9. The van der Waals surface area contributed by atoms with Gasteiger partial charge in [0.15, 0.2) is 4.34 Å². The normalized spacial score (nSPS) is 11.5. The molecule has 0 aliphatic heterocycles. The topological polar surface area (TPSA) is 101 Å². The molecule has 1 aromatic heterocycles. The van der Waals surface area contributed by atoms with Crippen LogP contribution in [0.1, 0.15) is 20.8 Å². The Labute approximate surface area is 218 Å². The molecule has 0 aliphatic rings. The first-order chi connectivity index (χ1) is 16.7. The quantitative estimate of drug-likeness (QED) is 0.240. The van der Waals surface area contributed by atoms with E-state index < -0.39 is 22.5 Å². The third-order valence-electron chi connectivity index (χ3n) is 4.56. The van der Waals surface area contributed by atoms with Crippen molar-refractivity contribution in [2.75, 3.05) is 34.8 Å². The Kier molecular flexibility index (Phi) is 9.84. The number of ether oxygens (including phenoxy) is 1. The standard InChI is InChI=1S/C23H28N4O4S4/c1-5-31-18-8-6-17(7-9-18)27(35(29,30)20-12-10-19(32-4)11-13-20)14-21(28)24-22-25-26-23(34-22)33-15-16(2)3/h6-13,16H,5,14-15H2,1-4H3,(H,24,25,28). The number of thioether (sulfide) groups is 2. The number of carbonyl (C=O) groups excluding carboxylic acids is 1. The summed E-state index contributed by atoms with van der Waals surface area (Å²) in [6.07, 6.45) is 1.92. The molecule has 0 unspecified atom stereocenters. The van der Waals surface area contributed by atoms with Crippen molar-refractivity contribution >= 4 is 61.6 Å². The van der Waals surface area contributed by atoms with Crippen molar-refractivity contribution in [2.45, 2.75) is 34.9 Å². The van der Waals surface area contributed by atoms with Gasteiger partial charge in [0.2, 0.25) is 11.0 Å². The molecule has 3 aromatic rings. The van der Waals surface area contributed by atoms with Crippen LogP contribution in [0.5, 0.6) is 5.75 Å². The van der Waals surface area contributed by atoms with E-state index in [1.807, 2.05) is 13.2 Å². The summed E-state index contributed by atoms with van der Waals surface area (Å²) < 4.78 is 34.4.